The minimum Gasteiger partial charge on any atom is -0.508 e. The largest absolute Gasteiger partial charge is 0.508 e. The number of aryl methyl sites for hydroxylation is 1. The van der Waals surface area contributed by atoms with Crippen molar-refractivity contribution in [3.8, 4) is 5.75 Å². The molecule has 0 unspecified atom stereocenters. The van der Waals surface area contributed by atoms with Gasteiger partial charge < -0.3 is 10.4 Å². The third kappa shape index (κ3) is 3.57. The molecular formula is C14H11BrN2O4. The Morgan fingerprint density at radius 1 is 1.29 bits per heavy atom. The number of anilines is 1. The third-order valence-electron chi connectivity index (χ3n) is 2.81. The van der Waals surface area contributed by atoms with Crippen molar-refractivity contribution in [2.45, 2.75) is 6.92 Å². The third-order valence-corrected chi connectivity index (χ3v) is 3.27. The summed E-state index contributed by atoms with van der Waals surface area (Å²) in [5.41, 5.74) is 1.22. The van der Waals surface area contributed by atoms with E-state index >= 15 is 0 Å². The standard InChI is InChI=1S/C14H11BrN2O4/c1-8-4-12(18)2-3-13(8)16-14(19)9-5-10(15)7-11(6-9)17(20)21/h2-7,18H,1H3,(H,16,19). The maximum absolute atomic E-state index is 12.2. The fourth-order valence-corrected chi connectivity index (χ4v) is 2.27. The highest BCUT2D eigenvalue weighted by Gasteiger charge is 2.14. The predicted octanol–water partition coefficient (Wildman–Crippen LogP) is 3.62. The van der Waals surface area contributed by atoms with Gasteiger partial charge in [-0.15, -0.1) is 0 Å². The molecule has 2 aromatic carbocycles. The number of hydrogen-bond acceptors (Lipinski definition) is 4. The monoisotopic (exact) mass is 350 g/mol. The summed E-state index contributed by atoms with van der Waals surface area (Å²) in [5.74, 6) is -0.364. The number of nitro groups is 1. The molecule has 0 radical (unpaired) electrons. The number of amides is 1. The second kappa shape index (κ2) is 5.92. The van der Waals surface area contributed by atoms with Gasteiger partial charge in [-0.05, 0) is 36.8 Å². The van der Waals surface area contributed by atoms with Crippen molar-refractivity contribution >= 4 is 33.2 Å². The van der Waals surface area contributed by atoms with Crippen LogP contribution in [-0.4, -0.2) is 15.9 Å². The molecule has 2 N–H and O–H groups in total. The molecular weight excluding hydrogens is 340 g/mol. The SMILES string of the molecule is Cc1cc(O)ccc1NC(=O)c1cc(Br)cc([N+](=O)[O-])c1. The van der Waals surface area contributed by atoms with Crippen LogP contribution >= 0.6 is 15.9 Å². The summed E-state index contributed by atoms with van der Waals surface area (Å²) in [6, 6.07) is 8.55. The van der Waals surface area contributed by atoms with Gasteiger partial charge in [-0.2, -0.15) is 0 Å². The first kappa shape index (κ1) is 15.0. The van der Waals surface area contributed by atoms with Crippen molar-refractivity contribution < 1.29 is 14.8 Å². The molecule has 6 nitrogen and oxygen atoms in total. The van der Waals surface area contributed by atoms with Crippen LogP contribution in [0.2, 0.25) is 0 Å². The normalized spacial score (nSPS) is 10.2. The summed E-state index contributed by atoms with van der Waals surface area (Å²) >= 11 is 3.14. The number of nitrogens with one attached hydrogen (secondary N) is 1. The van der Waals surface area contributed by atoms with Gasteiger partial charge in [0.15, 0.2) is 0 Å². The smallest absolute Gasteiger partial charge is 0.271 e. The van der Waals surface area contributed by atoms with Crippen molar-refractivity contribution in [3.63, 3.8) is 0 Å². The average Bonchev–Trinajstić information content (AvgIpc) is 2.41. The average molecular weight is 351 g/mol. The van der Waals surface area contributed by atoms with Crippen LogP contribution in [0.4, 0.5) is 11.4 Å². The summed E-state index contributed by atoms with van der Waals surface area (Å²) in [7, 11) is 0. The van der Waals surface area contributed by atoms with Crippen LogP contribution in [0.15, 0.2) is 40.9 Å². The van der Waals surface area contributed by atoms with Crippen LogP contribution in [0.25, 0.3) is 0 Å². The molecule has 7 heteroatoms. The number of phenols is 1. The molecule has 2 aromatic rings. The lowest BCUT2D eigenvalue weighted by Gasteiger charge is -2.09. The molecule has 0 aromatic heterocycles. The Morgan fingerprint density at radius 3 is 2.62 bits per heavy atom. The van der Waals surface area contributed by atoms with Crippen LogP contribution in [0.5, 0.6) is 5.75 Å². The highest BCUT2D eigenvalue weighted by atomic mass is 79.9. The molecule has 0 aliphatic heterocycles. The molecule has 0 aliphatic carbocycles. The van der Waals surface area contributed by atoms with E-state index in [0.717, 1.165) is 0 Å². The number of carbonyl (C=O) groups excluding carboxylic acids is 1. The Kier molecular flexibility index (Phi) is 4.23. The predicted molar refractivity (Wildman–Crippen MR) is 81.6 cm³/mol. The summed E-state index contributed by atoms with van der Waals surface area (Å²) in [6.07, 6.45) is 0. The van der Waals surface area contributed by atoms with Crippen molar-refractivity contribution in [1.82, 2.24) is 0 Å². The van der Waals surface area contributed by atoms with E-state index in [9.17, 15) is 20.0 Å². The van der Waals surface area contributed by atoms with Crippen molar-refractivity contribution in [3.05, 3.63) is 62.1 Å². The Morgan fingerprint density at radius 2 is 2.00 bits per heavy atom. The summed E-state index contributed by atoms with van der Waals surface area (Å²) in [4.78, 5) is 22.4. The first-order valence-corrected chi connectivity index (χ1v) is 6.72. The van der Waals surface area contributed by atoms with Gasteiger partial charge in [-0.3, -0.25) is 14.9 Å². The lowest BCUT2D eigenvalue weighted by molar-refractivity contribution is -0.384. The van der Waals surface area contributed by atoms with E-state index in [1.54, 1.807) is 13.0 Å². The number of rotatable bonds is 3. The van der Waals surface area contributed by atoms with E-state index in [4.69, 9.17) is 0 Å². The first-order chi connectivity index (χ1) is 9.86. The zero-order valence-corrected chi connectivity index (χ0v) is 12.5. The van der Waals surface area contributed by atoms with Gasteiger partial charge in [0.1, 0.15) is 5.75 Å². The summed E-state index contributed by atoms with van der Waals surface area (Å²) < 4.78 is 0.448. The molecule has 0 spiro atoms. The summed E-state index contributed by atoms with van der Waals surface area (Å²) in [6.45, 7) is 1.73. The molecule has 108 valence electrons. The van der Waals surface area contributed by atoms with Gasteiger partial charge in [-0.25, -0.2) is 0 Å². The molecule has 0 aliphatic rings. The molecule has 0 bridgehead atoms. The fourth-order valence-electron chi connectivity index (χ4n) is 1.79. The quantitative estimate of drug-likeness (QED) is 0.502. The van der Waals surface area contributed by atoms with Crippen LogP contribution in [0, 0.1) is 17.0 Å². The van der Waals surface area contributed by atoms with E-state index in [1.807, 2.05) is 0 Å². The highest BCUT2D eigenvalue weighted by Crippen LogP contribution is 2.24. The van der Waals surface area contributed by atoms with E-state index in [-0.39, 0.29) is 17.0 Å². The number of hydrogen-bond donors (Lipinski definition) is 2. The lowest BCUT2D eigenvalue weighted by Crippen LogP contribution is -2.13. The molecule has 0 saturated carbocycles. The molecule has 0 atom stereocenters. The lowest BCUT2D eigenvalue weighted by atomic mass is 10.1. The maximum Gasteiger partial charge on any atom is 0.271 e. The van der Waals surface area contributed by atoms with Crippen LogP contribution < -0.4 is 5.32 Å². The molecule has 2 rings (SSSR count). The minimum absolute atomic E-state index is 0.101. The van der Waals surface area contributed by atoms with Crippen LogP contribution in [0.3, 0.4) is 0 Å². The highest BCUT2D eigenvalue weighted by molar-refractivity contribution is 9.10. The van der Waals surface area contributed by atoms with Gasteiger partial charge in [0, 0.05) is 27.9 Å². The van der Waals surface area contributed by atoms with E-state index in [2.05, 4.69) is 21.2 Å². The molecule has 0 heterocycles. The van der Waals surface area contributed by atoms with Crippen LogP contribution in [0.1, 0.15) is 15.9 Å². The number of halogens is 1. The van der Waals surface area contributed by atoms with E-state index < -0.39 is 10.8 Å². The topological polar surface area (TPSA) is 92.5 Å². The zero-order chi connectivity index (χ0) is 15.6. The first-order valence-electron chi connectivity index (χ1n) is 5.93. The van der Waals surface area contributed by atoms with Crippen LogP contribution in [-0.2, 0) is 0 Å². The second-order valence-corrected chi connectivity index (χ2v) is 5.32. The van der Waals surface area contributed by atoms with E-state index in [1.165, 1.54) is 30.3 Å². The molecule has 0 fully saturated rings. The summed E-state index contributed by atoms with van der Waals surface area (Å²) in [5, 5.41) is 22.8. The number of nitro benzene ring substituents is 1. The van der Waals surface area contributed by atoms with Crippen molar-refractivity contribution in [1.29, 1.82) is 0 Å². The second-order valence-electron chi connectivity index (χ2n) is 4.41. The van der Waals surface area contributed by atoms with Gasteiger partial charge in [0.2, 0.25) is 0 Å². The number of nitrogens with zero attached hydrogens (tertiary/aromatic N) is 1. The van der Waals surface area contributed by atoms with Crippen molar-refractivity contribution in [2.75, 3.05) is 5.32 Å². The Bertz CT molecular complexity index is 731. The van der Waals surface area contributed by atoms with Gasteiger partial charge in [0.25, 0.3) is 11.6 Å². The Hall–Kier alpha value is -2.41. The Labute approximate surface area is 128 Å². The van der Waals surface area contributed by atoms with E-state index in [0.29, 0.717) is 15.7 Å². The molecule has 21 heavy (non-hydrogen) atoms. The van der Waals surface area contributed by atoms with Crippen molar-refractivity contribution in [2.24, 2.45) is 0 Å². The van der Waals surface area contributed by atoms with Gasteiger partial charge in [-0.1, -0.05) is 15.9 Å². The van der Waals surface area contributed by atoms with Gasteiger partial charge in [0.05, 0.1) is 4.92 Å². The molecule has 0 saturated heterocycles. The zero-order valence-electron chi connectivity index (χ0n) is 11.0. The number of non-ortho nitro benzene ring substituents is 1. The Balaban J connectivity index is 2.30. The van der Waals surface area contributed by atoms with Gasteiger partial charge >= 0.3 is 0 Å². The number of aromatic hydroxyl groups is 1. The number of benzene rings is 2. The minimum atomic E-state index is -0.562. The number of phenolic OH excluding ortho intramolecular Hbond substituents is 1. The molecule has 1 amide bonds. The number of carbonyl (C=O) groups is 1. The maximum atomic E-state index is 12.2. The fraction of sp³-hybridized carbons (Fsp3) is 0.0714.